The number of carbonyl (C=O) groups excluding carboxylic acids is 1. The van der Waals surface area contributed by atoms with Crippen LogP contribution in [0.3, 0.4) is 0 Å². The van der Waals surface area contributed by atoms with E-state index in [1.165, 1.54) is 4.90 Å². The molecule has 0 aliphatic carbocycles. The van der Waals surface area contributed by atoms with Crippen molar-refractivity contribution in [1.29, 1.82) is 0 Å². The van der Waals surface area contributed by atoms with Gasteiger partial charge in [-0.15, -0.1) is 0 Å². The minimum absolute atomic E-state index is 0.0415. The number of hydrogen-bond acceptors (Lipinski definition) is 3. The van der Waals surface area contributed by atoms with Crippen molar-refractivity contribution in [2.75, 3.05) is 27.3 Å². The molecule has 5 nitrogen and oxygen atoms in total. The maximum absolute atomic E-state index is 11.5. The zero-order valence-corrected chi connectivity index (χ0v) is 9.52. The van der Waals surface area contributed by atoms with Crippen molar-refractivity contribution in [2.45, 2.75) is 19.8 Å². The number of carboxylic acid groups (broad SMARTS) is 1. The molecule has 0 aliphatic rings. The highest BCUT2D eigenvalue weighted by atomic mass is 16.5. The Morgan fingerprint density at radius 3 is 2.53 bits per heavy atom. The topological polar surface area (TPSA) is 66.8 Å². The van der Waals surface area contributed by atoms with Crippen LogP contribution < -0.4 is 0 Å². The largest absolute Gasteiger partial charge is 0.481 e. The molecular weight excluding hydrogens is 198 g/mol. The molecular formula is C10H19NO4. The molecule has 0 rings (SSSR count). The summed E-state index contributed by atoms with van der Waals surface area (Å²) in [4.78, 5) is 23.5. The van der Waals surface area contributed by atoms with E-state index < -0.39 is 11.9 Å². The number of methoxy groups -OCH3 is 1. The molecule has 88 valence electrons. The first kappa shape index (κ1) is 13.9. The van der Waals surface area contributed by atoms with Gasteiger partial charge in [-0.2, -0.15) is 0 Å². The Bertz CT molecular complexity index is 217. The molecule has 0 aromatic carbocycles. The third-order valence-corrected chi connectivity index (χ3v) is 2.13. The smallest absolute Gasteiger partial charge is 0.308 e. The lowest BCUT2D eigenvalue weighted by Gasteiger charge is -2.19. The monoisotopic (exact) mass is 217 g/mol. The summed E-state index contributed by atoms with van der Waals surface area (Å²) in [7, 11) is 3.20. The number of amides is 1. The SMILES string of the molecule is COCCCC(=O)N(C)CC(C)C(=O)O. The van der Waals surface area contributed by atoms with Crippen LogP contribution in [0.2, 0.25) is 0 Å². The fourth-order valence-electron chi connectivity index (χ4n) is 1.15. The number of carboxylic acids is 1. The molecule has 1 amide bonds. The summed E-state index contributed by atoms with van der Waals surface area (Å²) < 4.78 is 4.83. The average molecular weight is 217 g/mol. The molecule has 0 spiro atoms. The molecule has 0 saturated heterocycles. The first-order chi connectivity index (χ1) is 6.99. The van der Waals surface area contributed by atoms with Crippen LogP contribution in [0.5, 0.6) is 0 Å². The summed E-state index contributed by atoms with van der Waals surface area (Å²) in [6.45, 7) is 2.39. The normalized spacial score (nSPS) is 12.2. The van der Waals surface area contributed by atoms with Crippen LogP contribution in [0.1, 0.15) is 19.8 Å². The van der Waals surface area contributed by atoms with Crippen molar-refractivity contribution >= 4 is 11.9 Å². The number of hydrogen-bond donors (Lipinski definition) is 1. The lowest BCUT2D eigenvalue weighted by Crippen LogP contribution is -2.33. The average Bonchev–Trinajstić information content (AvgIpc) is 2.17. The van der Waals surface area contributed by atoms with Crippen molar-refractivity contribution in [3.05, 3.63) is 0 Å². The third kappa shape index (κ3) is 6.06. The third-order valence-electron chi connectivity index (χ3n) is 2.13. The van der Waals surface area contributed by atoms with Gasteiger partial charge in [0.2, 0.25) is 5.91 Å². The minimum atomic E-state index is -0.883. The van der Waals surface area contributed by atoms with E-state index in [0.29, 0.717) is 19.4 Å². The summed E-state index contributed by atoms with van der Waals surface area (Å²) in [5.74, 6) is -1.45. The number of aliphatic carboxylic acids is 1. The Hall–Kier alpha value is -1.10. The fourth-order valence-corrected chi connectivity index (χ4v) is 1.15. The number of rotatable bonds is 7. The van der Waals surface area contributed by atoms with E-state index in [0.717, 1.165) is 0 Å². The Morgan fingerprint density at radius 1 is 1.47 bits per heavy atom. The summed E-state index contributed by atoms with van der Waals surface area (Å²) in [6.07, 6.45) is 1.07. The molecule has 0 saturated carbocycles. The van der Waals surface area contributed by atoms with Gasteiger partial charge >= 0.3 is 5.97 Å². The van der Waals surface area contributed by atoms with E-state index >= 15 is 0 Å². The Labute approximate surface area is 90.0 Å². The van der Waals surface area contributed by atoms with Crippen LogP contribution in [-0.2, 0) is 14.3 Å². The molecule has 5 heteroatoms. The van der Waals surface area contributed by atoms with Gasteiger partial charge in [-0.25, -0.2) is 0 Å². The lowest BCUT2D eigenvalue weighted by atomic mass is 10.1. The molecule has 0 aromatic rings. The maximum atomic E-state index is 11.5. The summed E-state index contributed by atoms with van der Waals surface area (Å²) >= 11 is 0. The van der Waals surface area contributed by atoms with E-state index in [9.17, 15) is 9.59 Å². The molecule has 1 N–H and O–H groups in total. The van der Waals surface area contributed by atoms with Gasteiger partial charge in [0, 0.05) is 33.7 Å². The summed E-state index contributed by atoms with van der Waals surface area (Å²) in [6, 6.07) is 0. The Morgan fingerprint density at radius 2 is 2.07 bits per heavy atom. The van der Waals surface area contributed by atoms with Crippen LogP contribution in [-0.4, -0.2) is 49.2 Å². The number of carbonyl (C=O) groups is 2. The van der Waals surface area contributed by atoms with Crippen LogP contribution in [0.15, 0.2) is 0 Å². The molecule has 0 aromatic heterocycles. The second-order valence-electron chi connectivity index (χ2n) is 3.61. The zero-order valence-electron chi connectivity index (χ0n) is 9.52. The molecule has 0 fully saturated rings. The summed E-state index contributed by atoms with van der Waals surface area (Å²) in [5, 5.41) is 8.67. The van der Waals surface area contributed by atoms with E-state index in [2.05, 4.69) is 0 Å². The van der Waals surface area contributed by atoms with Crippen LogP contribution in [0.25, 0.3) is 0 Å². The quantitative estimate of drug-likeness (QED) is 0.634. The first-order valence-electron chi connectivity index (χ1n) is 4.94. The van der Waals surface area contributed by atoms with Gasteiger partial charge in [-0.1, -0.05) is 6.92 Å². The van der Waals surface area contributed by atoms with Crippen molar-refractivity contribution < 1.29 is 19.4 Å². The maximum Gasteiger partial charge on any atom is 0.308 e. The van der Waals surface area contributed by atoms with E-state index in [1.54, 1.807) is 21.1 Å². The van der Waals surface area contributed by atoms with Crippen LogP contribution >= 0.6 is 0 Å². The van der Waals surface area contributed by atoms with Gasteiger partial charge in [-0.05, 0) is 6.42 Å². The van der Waals surface area contributed by atoms with Gasteiger partial charge in [0.05, 0.1) is 5.92 Å². The van der Waals surface area contributed by atoms with E-state index in [4.69, 9.17) is 9.84 Å². The van der Waals surface area contributed by atoms with Crippen molar-refractivity contribution in [3.63, 3.8) is 0 Å². The van der Waals surface area contributed by atoms with Gasteiger partial charge < -0.3 is 14.7 Å². The highest BCUT2D eigenvalue weighted by Gasteiger charge is 2.16. The fraction of sp³-hybridized carbons (Fsp3) is 0.800. The predicted octanol–water partition coefficient (Wildman–Crippen LogP) is 0.592. The summed E-state index contributed by atoms with van der Waals surface area (Å²) in [5.41, 5.74) is 0. The highest BCUT2D eigenvalue weighted by molar-refractivity contribution is 5.77. The highest BCUT2D eigenvalue weighted by Crippen LogP contribution is 2.02. The Balaban J connectivity index is 3.83. The lowest BCUT2D eigenvalue weighted by molar-refractivity contribution is -0.142. The number of nitrogens with zero attached hydrogens (tertiary/aromatic N) is 1. The minimum Gasteiger partial charge on any atom is -0.481 e. The molecule has 0 aliphatic heterocycles. The molecule has 0 bridgehead atoms. The van der Waals surface area contributed by atoms with E-state index in [-0.39, 0.29) is 12.5 Å². The molecule has 1 atom stereocenters. The standard InChI is InChI=1S/C10H19NO4/c1-8(10(13)14)7-11(2)9(12)5-4-6-15-3/h8H,4-7H2,1-3H3,(H,13,14). The second-order valence-corrected chi connectivity index (χ2v) is 3.61. The van der Waals surface area contributed by atoms with Crippen molar-refractivity contribution in [2.24, 2.45) is 5.92 Å². The zero-order chi connectivity index (χ0) is 11.8. The van der Waals surface area contributed by atoms with Crippen molar-refractivity contribution in [1.82, 2.24) is 4.90 Å². The first-order valence-corrected chi connectivity index (χ1v) is 4.94. The molecule has 0 radical (unpaired) electrons. The van der Waals surface area contributed by atoms with Gasteiger partial charge in [-0.3, -0.25) is 9.59 Å². The Kier molecular flexibility index (Phi) is 6.70. The molecule has 0 heterocycles. The van der Waals surface area contributed by atoms with E-state index in [1.807, 2.05) is 0 Å². The molecule has 1 unspecified atom stereocenters. The van der Waals surface area contributed by atoms with Gasteiger partial charge in [0.1, 0.15) is 0 Å². The van der Waals surface area contributed by atoms with Crippen molar-refractivity contribution in [3.8, 4) is 0 Å². The molecule has 15 heavy (non-hydrogen) atoms. The van der Waals surface area contributed by atoms with Gasteiger partial charge in [0.15, 0.2) is 0 Å². The van der Waals surface area contributed by atoms with Gasteiger partial charge in [0.25, 0.3) is 0 Å². The van der Waals surface area contributed by atoms with Crippen LogP contribution in [0, 0.1) is 5.92 Å². The van der Waals surface area contributed by atoms with Crippen LogP contribution in [0.4, 0.5) is 0 Å². The number of ether oxygens (including phenoxy) is 1. The second kappa shape index (κ2) is 7.23. The predicted molar refractivity (Wildman–Crippen MR) is 55.5 cm³/mol.